The number of ether oxygens (including phenoxy) is 1. The number of carbonyl (C=O) groups excluding carboxylic acids is 1. The van der Waals surface area contributed by atoms with E-state index >= 15 is 0 Å². The number of pyridine rings is 1. The number of para-hydroxylation sites is 1. The van der Waals surface area contributed by atoms with Gasteiger partial charge < -0.3 is 4.74 Å². The first-order valence-electron chi connectivity index (χ1n) is 11.4. The molecule has 5 rings (SSSR count). The Kier molecular flexibility index (Phi) is 6.76. The summed E-state index contributed by atoms with van der Waals surface area (Å²) in [4.78, 5) is 17.7. The summed E-state index contributed by atoms with van der Waals surface area (Å²) in [5, 5.41) is 4.83. The van der Waals surface area contributed by atoms with Gasteiger partial charge in [0.05, 0.1) is 23.0 Å². The minimum absolute atomic E-state index is 0.331. The molecule has 5 aromatic rings. The second-order valence-corrected chi connectivity index (χ2v) is 8.12. The molecule has 0 unspecified atom stereocenters. The number of nitrogens with zero attached hydrogens (tertiary/aromatic N) is 2. The van der Waals surface area contributed by atoms with E-state index in [2.05, 4.69) is 15.5 Å². The number of carbonyl (C=O) groups is 1. The van der Waals surface area contributed by atoms with Crippen LogP contribution in [-0.2, 0) is 6.61 Å². The van der Waals surface area contributed by atoms with Crippen LogP contribution in [0.5, 0.6) is 5.75 Å². The van der Waals surface area contributed by atoms with Crippen LogP contribution in [0.15, 0.2) is 114 Å². The molecule has 0 spiro atoms. The Bertz CT molecular complexity index is 1520. The molecule has 5 nitrogen and oxygen atoms in total. The fourth-order valence-electron chi connectivity index (χ4n) is 3.75. The number of hydrazone groups is 1. The fourth-order valence-corrected chi connectivity index (χ4v) is 3.75. The van der Waals surface area contributed by atoms with Gasteiger partial charge in [0.15, 0.2) is 0 Å². The highest BCUT2D eigenvalue weighted by Crippen LogP contribution is 2.25. The summed E-state index contributed by atoms with van der Waals surface area (Å²) < 4.78 is 19.2. The van der Waals surface area contributed by atoms with Gasteiger partial charge in [-0.25, -0.2) is 14.8 Å². The van der Waals surface area contributed by atoms with Crippen molar-refractivity contribution in [2.45, 2.75) is 6.61 Å². The van der Waals surface area contributed by atoms with Crippen molar-refractivity contribution in [3.63, 3.8) is 0 Å². The van der Waals surface area contributed by atoms with Crippen LogP contribution in [0.25, 0.3) is 22.2 Å². The van der Waals surface area contributed by atoms with Crippen molar-refractivity contribution in [3.8, 4) is 17.0 Å². The Morgan fingerprint density at radius 3 is 2.39 bits per heavy atom. The van der Waals surface area contributed by atoms with E-state index in [1.807, 2.05) is 78.9 Å². The van der Waals surface area contributed by atoms with Crippen LogP contribution in [0.3, 0.4) is 0 Å². The number of nitrogens with one attached hydrogen (secondary N) is 1. The molecule has 1 amide bonds. The topological polar surface area (TPSA) is 63.6 Å². The summed E-state index contributed by atoms with van der Waals surface area (Å²) in [6.07, 6.45) is 1.57. The van der Waals surface area contributed by atoms with E-state index in [0.717, 1.165) is 16.9 Å². The lowest BCUT2D eigenvalue weighted by Gasteiger charge is -2.09. The lowest BCUT2D eigenvalue weighted by Crippen LogP contribution is -2.18. The number of amides is 1. The molecular formula is C30H22FN3O2. The Hall–Kier alpha value is -4.84. The smallest absolute Gasteiger partial charge is 0.272 e. The van der Waals surface area contributed by atoms with E-state index in [-0.39, 0.29) is 11.7 Å². The number of rotatable bonds is 7. The normalized spacial score (nSPS) is 11.0. The molecular weight excluding hydrogens is 453 g/mol. The van der Waals surface area contributed by atoms with Crippen molar-refractivity contribution in [3.05, 3.63) is 132 Å². The van der Waals surface area contributed by atoms with Crippen LogP contribution in [0, 0.1) is 5.82 Å². The van der Waals surface area contributed by atoms with Crippen molar-refractivity contribution in [1.82, 2.24) is 10.4 Å². The van der Waals surface area contributed by atoms with Gasteiger partial charge in [0.2, 0.25) is 0 Å². The summed E-state index contributed by atoms with van der Waals surface area (Å²) in [5.74, 6) is 0.0512. The molecule has 0 bridgehead atoms. The molecule has 0 atom stereocenters. The molecule has 36 heavy (non-hydrogen) atoms. The Balaban J connectivity index is 1.29. The second-order valence-electron chi connectivity index (χ2n) is 8.12. The number of benzene rings is 4. The molecule has 0 aliphatic carbocycles. The summed E-state index contributed by atoms with van der Waals surface area (Å²) >= 11 is 0. The molecule has 6 heteroatoms. The summed E-state index contributed by atoms with van der Waals surface area (Å²) in [7, 11) is 0. The lowest BCUT2D eigenvalue weighted by atomic mass is 10.0. The molecule has 0 fully saturated rings. The molecule has 0 aliphatic heterocycles. The zero-order valence-corrected chi connectivity index (χ0v) is 19.3. The molecule has 0 saturated carbocycles. The first-order chi connectivity index (χ1) is 17.7. The van der Waals surface area contributed by atoms with Crippen molar-refractivity contribution in [1.29, 1.82) is 0 Å². The predicted octanol–water partition coefficient (Wildman–Crippen LogP) is 6.38. The molecule has 1 heterocycles. The van der Waals surface area contributed by atoms with E-state index < -0.39 is 0 Å². The number of hydrogen-bond acceptors (Lipinski definition) is 4. The highest BCUT2D eigenvalue weighted by Gasteiger charge is 2.13. The largest absolute Gasteiger partial charge is 0.489 e. The highest BCUT2D eigenvalue weighted by molar-refractivity contribution is 6.07. The number of aromatic nitrogens is 1. The predicted molar refractivity (Wildman–Crippen MR) is 139 cm³/mol. The van der Waals surface area contributed by atoms with Crippen LogP contribution in [0.2, 0.25) is 0 Å². The molecule has 0 radical (unpaired) electrons. The van der Waals surface area contributed by atoms with Crippen LogP contribution in [-0.4, -0.2) is 17.1 Å². The molecule has 1 N–H and O–H groups in total. The van der Waals surface area contributed by atoms with Crippen LogP contribution in [0.4, 0.5) is 4.39 Å². The van der Waals surface area contributed by atoms with Gasteiger partial charge in [-0.3, -0.25) is 4.79 Å². The van der Waals surface area contributed by atoms with Crippen molar-refractivity contribution in [2.75, 3.05) is 0 Å². The van der Waals surface area contributed by atoms with Gasteiger partial charge in [0, 0.05) is 10.9 Å². The van der Waals surface area contributed by atoms with Gasteiger partial charge in [-0.15, -0.1) is 0 Å². The van der Waals surface area contributed by atoms with Gasteiger partial charge in [0.1, 0.15) is 18.2 Å². The average Bonchev–Trinajstić information content (AvgIpc) is 2.93. The quantitative estimate of drug-likeness (QED) is 0.219. The molecule has 176 valence electrons. The molecule has 1 aromatic heterocycles. The zero-order chi connectivity index (χ0) is 24.7. The maximum atomic E-state index is 13.4. The maximum absolute atomic E-state index is 13.4. The fraction of sp³-hybridized carbons (Fsp3) is 0.0333. The van der Waals surface area contributed by atoms with Gasteiger partial charge >= 0.3 is 0 Å². The van der Waals surface area contributed by atoms with Gasteiger partial charge in [-0.2, -0.15) is 5.10 Å². The minimum Gasteiger partial charge on any atom is -0.489 e. The number of fused-ring (bicyclic) bond motifs is 1. The van der Waals surface area contributed by atoms with Crippen molar-refractivity contribution >= 4 is 23.0 Å². The van der Waals surface area contributed by atoms with Gasteiger partial charge in [-0.1, -0.05) is 48.5 Å². The van der Waals surface area contributed by atoms with Crippen LogP contribution in [0.1, 0.15) is 21.5 Å². The van der Waals surface area contributed by atoms with Gasteiger partial charge in [0.25, 0.3) is 5.91 Å². The summed E-state index contributed by atoms with van der Waals surface area (Å²) in [6.45, 7) is 0.490. The second kappa shape index (κ2) is 10.6. The third-order valence-electron chi connectivity index (χ3n) is 5.61. The standard InChI is InChI=1S/C30H22FN3O2/c31-24-14-12-23(13-15-24)29-18-27(26-8-4-5-9-28(26)33-29)30(35)34-32-19-21-10-16-25(17-11-21)36-20-22-6-2-1-3-7-22/h1-19H,20H2,(H,34,35). The number of halogens is 1. The Labute approximate surface area is 207 Å². The zero-order valence-electron chi connectivity index (χ0n) is 19.3. The van der Waals surface area contributed by atoms with Crippen molar-refractivity contribution < 1.29 is 13.9 Å². The first-order valence-corrected chi connectivity index (χ1v) is 11.4. The molecule has 0 saturated heterocycles. The van der Waals surface area contributed by atoms with E-state index in [1.54, 1.807) is 24.4 Å². The Morgan fingerprint density at radius 1 is 0.889 bits per heavy atom. The Morgan fingerprint density at radius 2 is 1.61 bits per heavy atom. The first kappa shape index (κ1) is 22.9. The summed E-state index contributed by atoms with van der Waals surface area (Å²) in [6, 6.07) is 32.5. The van der Waals surface area contributed by atoms with E-state index in [1.165, 1.54) is 12.1 Å². The third kappa shape index (κ3) is 5.45. The van der Waals surface area contributed by atoms with Gasteiger partial charge in [-0.05, 0) is 71.8 Å². The molecule has 0 aliphatic rings. The SMILES string of the molecule is O=C(NN=Cc1ccc(OCc2ccccc2)cc1)c1cc(-c2ccc(F)cc2)nc2ccccc12. The molecule has 4 aromatic carbocycles. The monoisotopic (exact) mass is 475 g/mol. The highest BCUT2D eigenvalue weighted by atomic mass is 19.1. The van der Waals surface area contributed by atoms with E-state index in [0.29, 0.717) is 34.3 Å². The van der Waals surface area contributed by atoms with E-state index in [4.69, 9.17) is 4.74 Å². The minimum atomic E-state index is -0.365. The average molecular weight is 476 g/mol. The summed E-state index contributed by atoms with van der Waals surface area (Å²) in [5.41, 5.74) is 6.90. The maximum Gasteiger partial charge on any atom is 0.272 e. The van der Waals surface area contributed by atoms with Crippen molar-refractivity contribution in [2.24, 2.45) is 5.10 Å². The van der Waals surface area contributed by atoms with E-state index in [9.17, 15) is 9.18 Å². The third-order valence-corrected chi connectivity index (χ3v) is 5.61. The van der Waals surface area contributed by atoms with Crippen LogP contribution < -0.4 is 10.2 Å². The lowest BCUT2D eigenvalue weighted by molar-refractivity contribution is 0.0956. The number of hydrogen-bond donors (Lipinski definition) is 1. The van der Waals surface area contributed by atoms with Crippen LogP contribution >= 0.6 is 0 Å².